The Morgan fingerprint density at radius 3 is 1.51 bits per heavy atom. The number of aliphatic hydroxyl groups excluding tert-OH is 5. The first-order valence-corrected chi connectivity index (χ1v) is 36.7. The van der Waals surface area contributed by atoms with Crippen molar-refractivity contribution < 1.29 is 87.4 Å². The number of carbonyl (C=O) groups excluding carboxylic acids is 5. The fourth-order valence-electron chi connectivity index (χ4n) is 10.8. The van der Waals surface area contributed by atoms with Crippen LogP contribution in [0.2, 0.25) is 0 Å². The van der Waals surface area contributed by atoms with Crippen molar-refractivity contribution >= 4 is 29.8 Å². The summed E-state index contributed by atoms with van der Waals surface area (Å²) in [5.74, 6) is -1.55. The Hall–Kier alpha value is -7.61. The van der Waals surface area contributed by atoms with Crippen molar-refractivity contribution in [3.05, 3.63) is 188 Å². The number of carbonyl (C=O) groups is 5. The molecule has 2 heterocycles. The summed E-state index contributed by atoms with van der Waals surface area (Å²) in [5.41, 5.74) is 0.747. The SMILES string of the molecule is CC/C=C\C/C=C\C/C=C\C/C=C\C/C=C\C/C=C\CCC(=O)NCCOc1ccc(C[C@H](NC(=O)CC/C=C\C/C=C\C/C=C\C/C=C\C/C=C\C/C=C\CC)C(=O)NCCCC[C@H](NC(=O)OC2C(O)[C@@H](OC(C3C=C3)C3O[C@H](OC)C(O)C(O)[C@@H]3O)OC(COC)[C@H]2O)C(=O)OCC)cc1. The molecule has 13 atom stereocenters. The average Bonchev–Trinajstić information content (AvgIpc) is 1.75. The number of aliphatic hydroxyl groups is 5. The van der Waals surface area contributed by atoms with Gasteiger partial charge in [-0.25, -0.2) is 9.59 Å². The van der Waals surface area contributed by atoms with Crippen LogP contribution < -0.4 is 26.0 Å². The van der Waals surface area contributed by atoms with Gasteiger partial charge < -0.3 is 84.7 Å². The Morgan fingerprint density at radius 1 is 0.524 bits per heavy atom. The van der Waals surface area contributed by atoms with Crippen LogP contribution in [0.25, 0.3) is 0 Å². The first kappa shape index (κ1) is 87.8. The Bertz CT molecular complexity index is 2960. The van der Waals surface area contributed by atoms with Gasteiger partial charge in [0.2, 0.25) is 17.7 Å². The summed E-state index contributed by atoms with van der Waals surface area (Å²) in [6, 6.07) is 4.92. The summed E-state index contributed by atoms with van der Waals surface area (Å²) >= 11 is 0. The molecule has 1 aromatic carbocycles. The number of nitrogens with one attached hydrogen (secondary N) is 4. The highest BCUT2D eigenvalue weighted by atomic mass is 16.7. The molecule has 2 aliphatic heterocycles. The molecule has 22 heteroatoms. The molecule has 3 aliphatic rings. The summed E-state index contributed by atoms with van der Waals surface area (Å²) in [6.07, 6.45) is 49.8. The van der Waals surface area contributed by atoms with E-state index in [-0.39, 0.29) is 63.9 Å². The van der Waals surface area contributed by atoms with Gasteiger partial charge in [-0.2, -0.15) is 0 Å². The molecule has 0 saturated carbocycles. The van der Waals surface area contributed by atoms with E-state index in [4.69, 9.17) is 37.9 Å². The predicted molar refractivity (Wildman–Crippen MR) is 400 cm³/mol. The van der Waals surface area contributed by atoms with Crippen molar-refractivity contribution in [2.45, 2.75) is 229 Å². The number of unbranched alkanes of at least 4 members (excludes halogenated alkanes) is 1. The van der Waals surface area contributed by atoms with Crippen molar-refractivity contribution in [3.8, 4) is 5.75 Å². The molecular formula is C81H118N4O18. The van der Waals surface area contributed by atoms with Gasteiger partial charge >= 0.3 is 12.1 Å². The fourth-order valence-corrected chi connectivity index (χ4v) is 10.8. The maximum absolute atomic E-state index is 14.0. The molecule has 0 spiro atoms. The molecule has 9 N–H and O–H groups in total. The molecule has 1 aliphatic carbocycles. The van der Waals surface area contributed by atoms with Crippen LogP contribution in [0.4, 0.5) is 4.79 Å². The third-order valence-corrected chi connectivity index (χ3v) is 16.5. The fraction of sp³-hybridized carbons (Fsp3) is 0.543. The number of rotatable bonds is 52. The van der Waals surface area contributed by atoms with Crippen molar-refractivity contribution in [3.63, 3.8) is 0 Å². The van der Waals surface area contributed by atoms with E-state index < -0.39 is 103 Å². The predicted octanol–water partition coefficient (Wildman–Crippen LogP) is 10.6. The normalized spacial score (nSPS) is 22.8. The van der Waals surface area contributed by atoms with Crippen molar-refractivity contribution in [1.29, 1.82) is 0 Å². The summed E-state index contributed by atoms with van der Waals surface area (Å²) in [5, 5.41) is 66.1. The van der Waals surface area contributed by atoms with Gasteiger partial charge in [-0.05, 0) is 134 Å². The van der Waals surface area contributed by atoms with Crippen LogP contribution in [0.15, 0.2) is 182 Å². The zero-order valence-electron chi connectivity index (χ0n) is 61.1. The Labute approximate surface area is 611 Å². The van der Waals surface area contributed by atoms with E-state index in [0.717, 1.165) is 76.2 Å². The molecule has 2 fully saturated rings. The number of methoxy groups -OCH3 is 2. The summed E-state index contributed by atoms with van der Waals surface area (Å²) in [6.45, 7) is 6.27. The van der Waals surface area contributed by atoms with Crippen LogP contribution in [0.1, 0.15) is 148 Å². The van der Waals surface area contributed by atoms with E-state index in [1.807, 2.05) is 30.4 Å². The lowest BCUT2D eigenvalue weighted by Crippen LogP contribution is -2.65. The van der Waals surface area contributed by atoms with Gasteiger partial charge in [-0.1, -0.05) is 184 Å². The van der Waals surface area contributed by atoms with E-state index >= 15 is 0 Å². The monoisotopic (exact) mass is 1430 g/mol. The highest BCUT2D eigenvalue weighted by Crippen LogP contribution is 2.36. The number of hydrogen-bond acceptors (Lipinski definition) is 18. The molecular weight excluding hydrogens is 1320 g/mol. The third kappa shape index (κ3) is 37.6. The van der Waals surface area contributed by atoms with E-state index in [1.165, 1.54) is 14.2 Å². The second-order valence-corrected chi connectivity index (χ2v) is 24.9. The van der Waals surface area contributed by atoms with E-state index in [1.54, 1.807) is 31.2 Å². The van der Waals surface area contributed by atoms with Gasteiger partial charge in [0.05, 0.1) is 25.9 Å². The number of alkyl carbamates (subject to hydrolysis) is 1. The molecule has 7 unspecified atom stereocenters. The standard InChI is InChI=1S/C81H118N4O18/c1-6-9-11-13-15-17-19-21-23-25-27-29-31-33-35-37-39-41-43-48-67(86)82-57-58-99-63-54-50-61(51-55-63)59-65(84-68(87)49-44-42-40-38-36-34-32-30-28-26-24-22-20-18-16-14-12-10-7-2)77(93)83-56-46-45-47-64(78(94)98-8-3)85-81(95)103-75-69(88)66(60-96-4)100-80(73(75)92)101-74(62-52-53-62)76-71(90)70(89)72(91)79(97-5)102-76/h9-12,15-18,21-24,27-30,33-36,39-42,50-55,62,64-66,69-76,79-80,88-92H,6-8,13-14,19-20,25-26,31-32,37-38,43-49,56-60H2,1-5H3,(H,82,86)(H,83,93)(H,84,87)(H,85,95)/b11-9-,12-10-,17-15-,18-16-,23-21-,24-22-,29-27-,30-28-,35-33-,36-34-,41-39-,42-40-/t64-,65-,66?,69+,70?,71-,72?,73?,74?,75?,76?,79-,80+/m0/s1. The molecule has 4 rings (SSSR count). The average molecular weight is 1440 g/mol. The lowest BCUT2D eigenvalue weighted by molar-refractivity contribution is -0.346. The maximum Gasteiger partial charge on any atom is 0.408 e. The van der Waals surface area contributed by atoms with Crippen molar-refractivity contribution in [2.75, 3.05) is 47.1 Å². The summed E-state index contributed by atoms with van der Waals surface area (Å²) < 4.78 is 45.1. The Kier molecular flexibility index (Phi) is 46.8. The Morgan fingerprint density at radius 2 is 1.03 bits per heavy atom. The minimum Gasteiger partial charge on any atom is -0.492 e. The molecule has 0 radical (unpaired) electrons. The lowest BCUT2D eigenvalue weighted by Gasteiger charge is -2.46. The van der Waals surface area contributed by atoms with Gasteiger partial charge in [0.25, 0.3) is 0 Å². The van der Waals surface area contributed by atoms with Crippen molar-refractivity contribution in [1.82, 2.24) is 21.3 Å². The van der Waals surface area contributed by atoms with Crippen LogP contribution in [0.5, 0.6) is 5.75 Å². The maximum atomic E-state index is 14.0. The van der Waals surface area contributed by atoms with E-state index in [9.17, 15) is 49.5 Å². The van der Waals surface area contributed by atoms with Gasteiger partial charge in [0, 0.05) is 45.9 Å². The molecule has 570 valence electrons. The summed E-state index contributed by atoms with van der Waals surface area (Å²) in [4.78, 5) is 66.9. The smallest absolute Gasteiger partial charge is 0.408 e. The number of esters is 1. The molecule has 2 saturated heterocycles. The van der Waals surface area contributed by atoms with Crippen molar-refractivity contribution in [2.24, 2.45) is 5.92 Å². The number of allylic oxidation sites excluding steroid dienone is 24. The molecule has 1 aromatic rings. The largest absolute Gasteiger partial charge is 0.492 e. The molecule has 4 amide bonds. The van der Waals surface area contributed by atoms with Crippen LogP contribution in [0, 0.1) is 5.92 Å². The van der Waals surface area contributed by atoms with Crippen LogP contribution >= 0.6 is 0 Å². The second-order valence-electron chi connectivity index (χ2n) is 24.9. The zero-order valence-corrected chi connectivity index (χ0v) is 61.1. The molecule has 0 aromatic heterocycles. The molecule has 0 bridgehead atoms. The van der Waals surface area contributed by atoms with Crippen LogP contribution in [0.3, 0.4) is 0 Å². The van der Waals surface area contributed by atoms with Gasteiger partial charge in [-0.3, -0.25) is 14.4 Å². The van der Waals surface area contributed by atoms with Crippen LogP contribution in [-0.4, -0.2) is 182 Å². The van der Waals surface area contributed by atoms with Gasteiger partial charge in [0.15, 0.2) is 18.7 Å². The van der Waals surface area contributed by atoms with Gasteiger partial charge in [-0.15, -0.1) is 0 Å². The number of amides is 4. The molecule has 22 nitrogen and oxygen atoms in total. The second kappa shape index (κ2) is 55.0. The minimum atomic E-state index is -1.87. The first-order valence-electron chi connectivity index (χ1n) is 36.7. The highest BCUT2D eigenvalue weighted by Gasteiger charge is 2.54. The van der Waals surface area contributed by atoms with Gasteiger partial charge in [0.1, 0.15) is 67.2 Å². The number of benzene rings is 1. The zero-order chi connectivity index (χ0) is 74.5. The first-order chi connectivity index (χ1) is 50.1. The Balaban J connectivity index is 1.28. The quantitative estimate of drug-likeness (QED) is 0.0166. The summed E-state index contributed by atoms with van der Waals surface area (Å²) in [7, 11) is 2.58. The van der Waals surface area contributed by atoms with E-state index in [2.05, 4.69) is 163 Å². The lowest BCUT2D eigenvalue weighted by atomic mass is 9.92. The highest BCUT2D eigenvalue weighted by molar-refractivity contribution is 5.88. The third-order valence-electron chi connectivity index (χ3n) is 16.5. The van der Waals surface area contributed by atoms with Crippen LogP contribution in [-0.2, 0) is 58.8 Å². The van der Waals surface area contributed by atoms with E-state index in [0.29, 0.717) is 44.4 Å². The number of ether oxygens (including phenoxy) is 8. The topological polar surface area (TPSA) is 308 Å². The minimum absolute atomic E-state index is 0.0180. The number of hydrogen-bond donors (Lipinski definition) is 9. The molecule has 103 heavy (non-hydrogen) atoms.